The summed E-state index contributed by atoms with van der Waals surface area (Å²) >= 11 is 3.41. The van der Waals surface area contributed by atoms with Crippen LogP contribution in [0.5, 0.6) is 0 Å². The minimum absolute atomic E-state index is 0.982. The summed E-state index contributed by atoms with van der Waals surface area (Å²) in [7, 11) is 0. The van der Waals surface area contributed by atoms with Crippen LogP contribution in [0.15, 0.2) is 34.8 Å². The average molecular weight is 205 g/mol. The van der Waals surface area contributed by atoms with Crippen molar-refractivity contribution in [2.45, 2.75) is 0 Å². The number of rotatable bonds is 0. The summed E-state index contributed by atoms with van der Waals surface area (Å²) in [4.78, 5) is 0. The molecule has 0 aliphatic heterocycles. The van der Waals surface area contributed by atoms with Gasteiger partial charge in [0.1, 0.15) is 0 Å². The molecule has 1 heteroatoms. The van der Waals surface area contributed by atoms with Gasteiger partial charge in [0.2, 0.25) is 0 Å². The van der Waals surface area contributed by atoms with E-state index in [1.54, 1.807) is 0 Å². The minimum atomic E-state index is 0.982. The molecular weight excluding hydrogens is 200 g/mol. The Morgan fingerprint density at radius 3 is 2.82 bits per heavy atom. The molecule has 0 unspecified atom stereocenters. The molecule has 52 valence electrons. The Labute approximate surface area is 74.0 Å². The molecular formula is C10H5Br. The molecule has 2 aromatic carbocycles. The molecule has 0 atom stereocenters. The largest absolute Gasteiger partial charge is 0.0756 e. The molecule has 0 N–H and O–H groups in total. The van der Waals surface area contributed by atoms with E-state index < -0.39 is 0 Å². The van der Waals surface area contributed by atoms with E-state index in [2.05, 4.69) is 40.2 Å². The second kappa shape index (κ2) is 2.56. The van der Waals surface area contributed by atoms with Gasteiger partial charge in [0, 0.05) is 5.39 Å². The van der Waals surface area contributed by atoms with E-state index in [1.807, 2.05) is 18.2 Å². The summed E-state index contributed by atoms with van der Waals surface area (Å²) < 4.78 is 0.982. The maximum absolute atomic E-state index is 3.41. The zero-order valence-corrected chi connectivity index (χ0v) is 7.35. The molecule has 0 heterocycles. The van der Waals surface area contributed by atoms with Gasteiger partial charge in [0.05, 0.1) is 4.47 Å². The van der Waals surface area contributed by atoms with Gasteiger partial charge in [-0.25, -0.2) is 0 Å². The fraction of sp³-hybridized carbons (Fsp3) is 0. The Kier molecular flexibility index (Phi) is 1.56. The summed E-state index contributed by atoms with van der Waals surface area (Å²) in [6, 6.07) is 16.0. The van der Waals surface area contributed by atoms with Crippen molar-refractivity contribution in [3.05, 3.63) is 46.9 Å². The SMILES string of the molecule is Brc1c#ccc2ccccc12. The smallest absolute Gasteiger partial charge is 0.0684 e. The second-order valence-electron chi connectivity index (χ2n) is 2.31. The summed E-state index contributed by atoms with van der Waals surface area (Å²) in [5, 5.41) is 2.38. The summed E-state index contributed by atoms with van der Waals surface area (Å²) in [6.07, 6.45) is 0. The van der Waals surface area contributed by atoms with E-state index in [0.29, 0.717) is 0 Å². The molecule has 0 saturated heterocycles. The van der Waals surface area contributed by atoms with Crippen molar-refractivity contribution in [2.24, 2.45) is 0 Å². The quantitative estimate of drug-likeness (QED) is 0.619. The van der Waals surface area contributed by atoms with Gasteiger partial charge in [-0.15, -0.1) is 0 Å². The van der Waals surface area contributed by atoms with E-state index in [9.17, 15) is 0 Å². The molecule has 0 saturated carbocycles. The molecule has 0 nitrogen and oxygen atoms in total. The topological polar surface area (TPSA) is 0 Å². The molecule has 11 heavy (non-hydrogen) atoms. The van der Waals surface area contributed by atoms with Crippen molar-refractivity contribution < 1.29 is 0 Å². The average Bonchev–Trinajstić information content (AvgIpc) is 2.06. The van der Waals surface area contributed by atoms with Gasteiger partial charge in [0.15, 0.2) is 0 Å². The van der Waals surface area contributed by atoms with Crippen LogP contribution in [0.2, 0.25) is 0 Å². The number of fused-ring (bicyclic) bond motifs is 1. The Hall–Kier alpha value is -1.00. The molecule has 0 fully saturated rings. The lowest BCUT2D eigenvalue weighted by Gasteiger charge is -1.93. The van der Waals surface area contributed by atoms with E-state index in [-0.39, 0.29) is 0 Å². The molecule has 0 aromatic heterocycles. The third-order valence-corrected chi connectivity index (χ3v) is 2.23. The van der Waals surface area contributed by atoms with E-state index in [4.69, 9.17) is 0 Å². The highest BCUT2D eigenvalue weighted by atomic mass is 79.9. The van der Waals surface area contributed by atoms with Crippen molar-refractivity contribution >= 4 is 26.7 Å². The normalized spacial score (nSPS) is 9.55. The van der Waals surface area contributed by atoms with Crippen molar-refractivity contribution in [3.63, 3.8) is 0 Å². The first-order chi connectivity index (χ1) is 5.38. The van der Waals surface area contributed by atoms with E-state index >= 15 is 0 Å². The lowest BCUT2D eigenvalue weighted by molar-refractivity contribution is 1.74. The van der Waals surface area contributed by atoms with Crippen LogP contribution in [0.3, 0.4) is 0 Å². The highest BCUT2D eigenvalue weighted by molar-refractivity contribution is 9.10. The van der Waals surface area contributed by atoms with Gasteiger partial charge >= 0.3 is 0 Å². The first-order valence-corrected chi connectivity index (χ1v) is 4.14. The molecule has 0 radical (unpaired) electrons. The first-order valence-electron chi connectivity index (χ1n) is 3.34. The Morgan fingerprint density at radius 1 is 1.18 bits per heavy atom. The number of halogens is 1. The van der Waals surface area contributed by atoms with Crippen LogP contribution in [-0.4, -0.2) is 0 Å². The standard InChI is InChI=1S/C10H5Br/c11-10-7-3-5-8-4-1-2-6-9(8)10/h1-2,4-6H. The second-order valence-corrected chi connectivity index (χ2v) is 3.11. The van der Waals surface area contributed by atoms with Crippen LogP contribution >= 0.6 is 15.9 Å². The van der Waals surface area contributed by atoms with Gasteiger partial charge in [-0.05, 0) is 27.4 Å². The van der Waals surface area contributed by atoms with Gasteiger partial charge in [0.25, 0.3) is 0 Å². The summed E-state index contributed by atoms with van der Waals surface area (Å²) in [5.74, 6) is 0. The lowest BCUT2D eigenvalue weighted by atomic mass is 10.2. The van der Waals surface area contributed by atoms with Crippen LogP contribution in [0.25, 0.3) is 10.8 Å². The molecule has 0 aliphatic carbocycles. The molecule has 2 rings (SSSR count). The number of benzene rings is 1. The van der Waals surface area contributed by atoms with Gasteiger partial charge in [-0.3, -0.25) is 0 Å². The van der Waals surface area contributed by atoms with Crippen molar-refractivity contribution in [2.75, 3.05) is 0 Å². The van der Waals surface area contributed by atoms with Crippen LogP contribution in [0.4, 0.5) is 0 Å². The van der Waals surface area contributed by atoms with E-state index in [1.165, 1.54) is 10.8 Å². The summed E-state index contributed by atoms with van der Waals surface area (Å²) in [5.41, 5.74) is 0. The Morgan fingerprint density at radius 2 is 2.00 bits per heavy atom. The van der Waals surface area contributed by atoms with Crippen molar-refractivity contribution in [3.8, 4) is 0 Å². The maximum Gasteiger partial charge on any atom is 0.0756 e. The third-order valence-electron chi connectivity index (χ3n) is 1.61. The highest BCUT2D eigenvalue weighted by Crippen LogP contribution is 2.19. The van der Waals surface area contributed by atoms with Crippen LogP contribution in [0.1, 0.15) is 0 Å². The first kappa shape index (κ1) is 6.69. The molecule has 2 aromatic rings. The third kappa shape index (κ3) is 1.10. The minimum Gasteiger partial charge on any atom is -0.0684 e. The predicted molar refractivity (Wildman–Crippen MR) is 49.3 cm³/mol. The van der Waals surface area contributed by atoms with Crippen LogP contribution in [-0.2, 0) is 0 Å². The fourth-order valence-electron chi connectivity index (χ4n) is 1.07. The van der Waals surface area contributed by atoms with Crippen molar-refractivity contribution in [1.82, 2.24) is 0 Å². The monoisotopic (exact) mass is 204 g/mol. The predicted octanol–water partition coefficient (Wildman–Crippen LogP) is 3.20. The molecule has 0 aliphatic rings. The Bertz CT molecular complexity index is 374. The zero-order chi connectivity index (χ0) is 7.68. The van der Waals surface area contributed by atoms with Crippen molar-refractivity contribution in [1.29, 1.82) is 0 Å². The zero-order valence-electron chi connectivity index (χ0n) is 5.76. The molecule has 0 spiro atoms. The Balaban J connectivity index is 2.91. The van der Waals surface area contributed by atoms with E-state index in [0.717, 1.165) is 4.47 Å². The lowest BCUT2D eigenvalue weighted by Crippen LogP contribution is -1.69. The maximum atomic E-state index is 3.41. The number of hydrogen-bond acceptors (Lipinski definition) is 0. The van der Waals surface area contributed by atoms with Crippen LogP contribution in [0, 0.1) is 12.1 Å². The fourth-order valence-corrected chi connectivity index (χ4v) is 1.54. The van der Waals surface area contributed by atoms with Crippen LogP contribution < -0.4 is 0 Å². The molecule has 0 bridgehead atoms. The van der Waals surface area contributed by atoms with Gasteiger partial charge in [-0.2, -0.15) is 0 Å². The van der Waals surface area contributed by atoms with Gasteiger partial charge in [-0.1, -0.05) is 36.4 Å². The van der Waals surface area contributed by atoms with Gasteiger partial charge < -0.3 is 0 Å². The highest BCUT2D eigenvalue weighted by Gasteiger charge is 1.92. The summed E-state index contributed by atoms with van der Waals surface area (Å²) in [6.45, 7) is 0. The number of hydrogen-bond donors (Lipinski definition) is 0. The molecule has 0 amide bonds.